The van der Waals surface area contributed by atoms with Gasteiger partial charge in [-0.2, -0.15) is 0 Å². The van der Waals surface area contributed by atoms with Gasteiger partial charge >= 0.3 is 0 Å². The topological polar surface area (TPSA) is 72.6 Å². The van der Waals surface area contributed by atoms with Crippen LogP contribution in [-0.4, -0.2) is 26.3 Å². The summed E-state index contributed by atoms with van der Waals surface area (Å²) < 4.78 is 15.7. The normalized spacial score (nSPS) is 10.5. The first-order valence-corrected chi connectivity index (χ1v) is 7.80. The molecule has 130 valence electrons. The summed E-state index contributed by atoms with van der Waals surface area (Å²) in [5, 5.41) is 4.12. The van der Waals surface area contributed by atoms with Crippen LogP contribution in [0, 0.1) is 0 Å². The molecule has 0 bridgehead atoms. The molecule has 0 radical (unpaired) electrons. The minimum atomic E-state index is -0.138. The Labute approximate surface area is 145 Å². The highest BCUT2D eigenvalue weighted by molar-refractivity contribution is 5.83. The molecule has 0 aliphatic rings. The van der Waals surface area contributed by atoms with Gasteiger partial charge in [0.1, 0.15) is 5.75 Å². The quantitative estimate of drug-likeness (QED) is 0.721. The van der Waals surface area contributed by atoms with Crippen LogP contribution >= 0.6 is 0 Å². The highest BCUT2D eigenvalue weighted by atomic mass is 16.5. The Kier molecular flexibility index (Phi) is 4.79. The molecule has 0 aliphatic carbocycles. The number of nitrogens with one attached hydrogen (secondary N) is 2. The molecular weight excluding hydrogens is 320 g/mol. The molecular formula is C19H20N2O4. The monoisotopic (exact) mass is 340 g/mol. The molecule has 0 saturated carbocycles. The van der Waals surface area contributed by atoms with Crippen molar-refractivity contribution < 1.29 is 14.2 Å². The van der Waals surface area contributed by atoms with Crippen LogP contribution in [0.3, 0.4) is 0 Å². The molecule has 0 spiro atoms. The van der Waals surface area contributed by atoms with Crippen molar-refractivity contribution in [1.82, 2.24) is 4.98 Å². The lowest BCUT2D eigenvalue weighted by molar-refractivity contribution is 0.356. The molecule has 1 aromatic heterocycles. The van der Waals surface area contributed by atoms with Crippen LogP contribution in [0.2, 0.25) is 0 Å². The number of aromatic nitrogens is 1. The van der Waals surface area contributed by atoms with E-state index in [1.807, 2.05) is 36.4 Å². The van der Waals surface area contributed by atoms with E-state index in [0.29, 0.717) is 29.1 Å². The Balaban J connectivity index is 1.87. The zero-order valence-electron chi connectivity index (χ0n) is 14.4. The van der Waals surface area contributed by atoms with Crippen LogP contribution in [0.15, 0.2) is 47.3 Å². The first kappa shape index (κ1) is 16.7. The van der Waals surface area contributed by atoms with Gasteiger partial charge in [-0.3, -0.25) is 4.79 Å². The number of H-pyrrole nitrogens is 1. The first-order chi connectivity index (χ1) is 12.1. The van der Waals surface area contributed by atoms with Crippen LogP contribution < -0.4 is 25.1 Å². The Morgan fingerprint density at radius 1 is 0.920 bits per heavy atom. The second-order valence-electron chi connectivity index (χ2n) is 5.50. The van der Waals surface area contributed by atoms with Crippen LogP contribution in [0.4, 0.5) is 5.69 Å². The van der Waals surface area contributed by atoms with Gasteiger partial charge in [-0.1, -0.05) is 0 Å². The number of fused-ring (bicyclic) bond motifs is 1. The lowest BCUT2D eigenvalue weighted by Crippen LogP contribution is -2.15. The summed E-state index contributed by atoms with van der Waals surface area (Å²) in [5.74, 6) is 1.99. The lowest BCUT2D eigenvalue weighted by atomic mass is 10.1. The highest BCUT2D eigenvalue weighted by Gasteiger charge is 2.09. The molecule has 2 N–H and O–H groups in total. The molecule has 0 atom stereocenters. The number of pyridine rings is 1. The minimum Gasteiger partial charge on any atom is -0.497 e. The van der Waals surface area contributed by atoms with Crippen molar-refractivity contribution >= 4 is 16.6 Å². The number of methoxy groups -OCH3 is 3. The van der Waals surface area contributed by atoms with Crippen molar-refractivity contribution in [2.45, 2.75) is 6.54 Å². The second kappa shape index (κ2) is 7.17. The summed E-state index contributed by atoms with van der Waals surface area (Å²) in [6, 6.07) is 13.0. The van der Waals surface area contributed by atoms with Crippen molar-refractivity contribution in [2.75, 3.05) is 26.6 Å². The van der Waals surface area contributed by atoms with Gasteiger partial charge in [0.05, 0.1) is 26.8 Å². The fourth-order valence-electron chi connectivity index (χ4n) is 2.62. The fraction of sp³-hybridized carbons (Fsp3) is 0.211. The molecule has 3 rings (SSSR count). The van der Waals surface area contributed by atoms with Gasteiger partial charge in [0.25, 0.3) is 5.56 Å². The third-order valence-corrected chi connectivity index (χ3v) is 4.00. The molecule has 1 heterocycles. The largest absolute Gasteiger partial charge is 0.497 e. The molecule has 25 heavy (non-hydrogen) atoms. The smallest absolute Gasteiger partial charge is 0.253 e. The number of hydrogen-bond donors (Lipinski definition) is 2. The average Bonchev–Trinajstić information content (AvgIpc) is 2.65. The van der Waals surface area contributed by atoms with Gasteiger partial charge in [0.15, 0.2) is 11.5 Å². The molecule has 6 heteroatoms. The first-order valence-electron chi connectivity index (χ1n) is 7.80. The highest BCUT2D eigenvalue weighted by Crippen LogP contribution is 2.31. The van der Waals surface area contributed by atoms with Crippen molar-refractivity contribution in [3.05, 3.63) is 58.4 Å². The van der Waals surface area contributed by atoms with Crippen LogP contribution in [0.25, 0.3) is 10.9 Å². The van der Waals surface area contributed by atoms with Gasteiger partial charge in [0.2, 0.25) is 0 Å². The lowest BCUT2D eigenvalue weighted by Gasteiger charge is -2.11. The number of benzene rings is 2. The molecule has 2 aromatic carbocycles. The van der Waals surface area contributed by atoms with Crippen molar-refractivity contribution in [1.29, 1.82) is 0 Å². The second-order valence-corrected chi connectivity index (χ2v) is 5.50. The maximum atomic E-state index is 12.3. The summed E-state index contributed by atoms with van der Waals surface area (Å²) in [5.41, 5.74) is 2.11. The Morgan fingerprint density at radius 2 is 1.60 bits per heavy atom. The van der Waals surface area contributed by atoms with Crippen LogP contribution in [0.1, 0.15) is 5.56 Å². The number of anilines is 1. The standard InChI is InChI=1S/C19H20N2O4/c1-23-15-6-4-14(5-7-15)20-11-13-8-12-9-17(24-2)18(25-3)10-16(12)21-19(13)22/h4-10,20H,11H2,1-3H3,(H,21,22). The maximum absolute atomic E-state index is 12.3. The van der Waals surface area contributed by atoms with Gasteiger partial charge in [-0.05, 0) is 36.4 Å². The third kappa shape index (κ3) is 3.52. The zero-order chi connectivity index (χ0) is 17.8. The van der Waals surface area contributed by atoms with E-state index in [0.717, 1.165) is 16.8 Å². The Hall–Kier alpha value is -3.15. The van der Waals surface area contributed by atoms with Crippen molar-refractivity contribution in [2.24, 2.45) is 0 Å². The molecule has 3 aromatic rings. The Morgan fingerprint density at radius 3 is 2.24 bits per heavy atom. The summed E-state index contributed by atoms with van der Waals surface area (Å²) in [4.78, 5) is 15.2. The van der Waals surface area contributed by atoms with Gasteiger partial charge < -0.3 is 24.5 Å². The SMILES string of the molecule is COc1ccc(NCc2cc3cc(OC)c(OC)cc3[nH]c2=O)cc1. The van der Waals surface area contributed by atoms with Crippen molar-refractivity contribution in [3.63, 3.8) is 0 Å². The van der Waals surface area contributed by atoms with Gasteiger partial charge in [-0.25, -0.2) is 0 Å². The molecule has 0 saturated heterocycles. The van der Waals surface area contributed by atoms with E-state index in [1.165, 1.54) is 0 Å². The minimum absolute atomic E-state index is 0.138. The molecule has 6 nitrogen and oxygen atoms in total. The summed E-state index contributed by atoms with van der Waals surface area (Å²) >= 11 is 0. The number of ether oxygens (including phenoxy) is 3. The summed E-state index contributed by atoms with van der Waals surface area (Å²) in [7, 11) is 4.77. The van der Waals surface area contributed by atoms with E-state index in [2.05, 4.69) is 10.3 Å². The third-order valence-electron chi connectivity index (χ3n) is 4.00. The molecule has 0 unspecified atom stereocenters. The number of rotatable bonds is 6. The van der Waals surface area contributed by atoms with E-state index in [1.54, 1.807) is 27.4 Å². The van der Waals surface area contributed by atoms with E-state index in [4.69, 9.17) is 14.2 Å². The predicted molar refractivity (Wildman–Crippen MR) is 98.0 cm³/mol. The molecule has 0 amide bonds. The van der Waals surface area contributed by atoms with E-state index in [-0.39, 0.29) is 5.56 Å². The van der Waals surface area contributed by atoms with E-state index in [9.17, 15) is 4.79 Å². The maximum Gasteiger partial charge on any atom is 0.253 e. The van der Waals surface area contributed by atoms with Crippen LogP contribution in [-0.2, 0) is 6.54 Å². The number of aromatic amines is 1. The fourth-order valence-corrected chi connectivity index (χ4v) is 2.62. The average molecular weight is 340 g/mol. The van der Waals surface area contributed by atoms with E-state index >= 15 is 0 Å². The molecule has 0 aliphatic heterocycles. The Bertz CT molecular complexity index is 933. The summed E-state index contributed by atoms with van der Waals surface area (Å²) in [6.45, 7) is 0.409. The summed E-state index contributed by atoms with van der Waals surface area (Å²) in [6.07, 6.45) is 0. The zero-order valence-corrected chi connectivity index (χ0v) is 14.4. The molecule has 0 fully saturated rings. The van der Waals surface area contributed by atoms with Crippen molar-refractivity contribution in [3.8, 4) is 17.2 Å². The van der Waals surface area contributed by atoms with Gasteiger partial charge in [-0.15, -0.1) is 0 Å². The number of hydrogen-bond acceptors (Lipinski definition) is 5. The van der Waals surface area contributed by atoms with Crippen LogP contribution in [0.5, 0.6) is 17.2 Å². The predicted octanol–water partition coefficient (Wildman–Crippen LogP) is 3.17. The van der Waals surface area contributed by atoms with E-state index < -0.39 is 0 Å². The van der Waals surface area contributed by atoms with Gasteiger partial charge in [0, 0.05) is 29.2 Å².